The maximum absolute atomic E-state index is 13.4. The average Bonchev–Trinajstić information content (AvgIpc) is 2.42. The normalized spacial score (nSPS) is 23.4. The summed E-state index contributed by atoms with van der Waals surface area (Å²) in [6.07, 6.45) is -0.407. The molecular weight excluding hydrogens is 251 g/mol. The molecule has 1 aromatic carbocycles. The Bertz CT molecular complexity index is 481. The number of carbonyl (C=O) groups is 1. The number of aliphatic hydroxyl groups excluding tert-OH is 1. The Kier molecular flexibility index (Phi) is 4.01. The summed E-state index contributed by atoms with van der Waals surface area (Å²) in [4.78, 5) is 13.9. The Balaban J connectivity index is 2.24. The van der Waals surface area contributed by atoms with Gasteiger partial charge in [0.05, 0.1) is 36.6 Å². The zero-order chi connectivity index (χ0) is 14.0. The van der Waals surface area contributed by atoms with Crippen LogP contribution in [0.1, 0.15) is 17.3 Å². The molecule has 0 radical (unpaired) electrons. The molecule has 2 rings (SSSR count). The second-order valence-corrected chi connectivity index (χ2v) is 4.65. The molecule has 0 saturated carbocycles. The molecule has 1 aromatic rings. The fraction of sp³-hybridized carbons (Fsp3) is 0.462. The van der Waals surface area contributed by atoms with E-state index < -0.39 is 11.9 Å². The smallest absolute Gasteiger partial charge is 0.256 e. The van der Waals surface area contributed by atoms with Crippen LogP contribution in [0.25, 0.3) is 0 Å². The number of amides is 1. The molecular formula is C13H17FN2O3. The Hall–Kier alpha value is -1.66. The number of rotatable bonds is 2. The van der Waals surface area contributed by atoms with Crippen LogP contribution in [-0.2, 0) is 4.74 Å². The first kappa shape index (κ1) is 13.8. The van der Waals surface area contributed by atoms with E-state index in [2.05, 4.69) is 0 Å². The molecule has 0 spiro atoms. The summed E-state index contributed by atoms with van der Waals surface area (Å²) in [7, 11) is 0. The van der Waals surface area contributed by atoms with Crippen molar-refractivity contribution in [2.24, 2.45) is 0 Å². The largest absolute Gasteiger partial charge is 0.396 e. The minimum absolute atomic E-state index is 0.141. The summed E-state index contributed by atoms with van der Waals surface area (Å²) in [5.41, 5.74) is 5.60. The number of para-hydroxylation sites is 1. The van der Waals surface area contributed by atoms with E-state index in [0.29, 0.717) is 6.61 Å². The van der Waals surface area contributed by atoms with Crippen molar-refractivity contribution in [3.05, 3.63) is 29.6 Å². The summed E-state index contributed by atoms with van der Waals surface area (Å²) in [5, 5.41) is 9.10. The number of hydrogen-bond acceptors (Lipinski definition) is 4. The number of hydrogen-bond donors (Lipinski definition) is 2. The lowest BCUT2D eigenvalue weighted by Crippen LogP contribution is -2.52. The highest BCUT2D eigenvalue weighted by Crippen LogP contribution is 2.21. The minimum Gasteiger partial charge on any atom is -0.396 e. The van der Waals surface area contributed by atoms with E-state index in [1.54, 1.807) is 4.90 Å². The molecule has 5 nitrogen and oxygen atoms in total. The fourth-order valence-electron chi connectivity index (χ4n) is 2.09. The second-order valence-electron chi connectivity index (χ2n) is 4.65. The highest BCUT2D eigenvalue weighted by Gasteiger charge is 2.31. The Labute approximate surface area is 110 Å². The molecule has 0 aromatic heterocycles. The van der Waals surface area contributed by atoms with Crippen LogP contribution < -0.4 is 5.73 Å². The van der Waals surface area contributed by atoms with Crippen LogP contribution in [0.5, 0.6) is 0 Å². The van der Waals surface area contributed by atoms with E-state index in [0.717, 1.165) is 0 Å². The maximum atomic E-state index is 13.4. The van der Waals surface area contributed by atoms with Gasteiger partial charge in [-0.15, -0.1) is 0 Å². The lowest BCUT2D eigenvalue weighted by Gasteiger charge is -2.37. The zero-order valence-corrected chi connectivity index (χ0v) is 10.7. The van der Waals surface area contributed by atoms with Gasteiger partial charge >= 0.3 is 0 Å². The van der Waals surface area contributed by atoms with Crippen molar-refractivity contribution in [2.75, 3.05) is 25.5 Å². The molecule has 1 heterocycles. The van der Waals surface area contributed by atoms with Crippen LogP contribution in [-0.4, -0.2) is 47.8 Å². The number of nitrogens with two attached hydrogens (primary N) is 1. The lowest BCUT2D eigenvalue weighted by molar-refractivity contribution is -0.0667. The monoisotopic (exact) mass is 268 g/mol. The SMILES string of the molecule is CC1COC(CO)CN1C(=O)c1cccc(F)c1N. The Morgan fingerprint density at radius 2 is 2.37 bits per heavy atom. The van der Waals surface area contributed by atoms with Crippen molar-refractivity contribution in [3.8, 4) is 0 Å². The highest BCUT2D eigenvalue weighted by atomic mass is 19.1. The van der Waals surface area contributed by atoms with E-state index in [1.165, 1.54) is 18.2 Å². The van der Waals surface area contributed by atoms with E-state index >= 15 is 0 Å². The molecule has 1 amide bonds. The number of nitrogens with zero attached hydrogens (tertiary/aromatic N) is 1. The molecule has 0 aliphatic carbocycles. The molecule has 19 heavy (non-hydrogen) atoms. The molecule has 1 saturated heterocycles. The molecule has 2 unspecified atom stereocenters. The third kappa shape index (κ3) is 2.69. The van der Waals surface area contributed by atoms with Gasteiger partial charge in [0, 0.05) is 6.54 Å². The van der Waals surface area contributed by atoms with Gasteiger partial charge in [-0.1, -0.05) is 6.07 Å². The van der Waals surface area contributed by atoms with Crippen molar-refractivity contribution in [1.82, 2.24) is 4.90 Å². The Morgan fingerprint density at radius 3 is 3.05 bits per heavy atom. The third-order valence-corrected chi connectivity index (χ3v) is 3.25. The second kappa shape index (κ2) is 5.54. The number of benzene rings is 1. The molecule has 1 aliphatic heterocycles. The van der Waals surface area contributed by atoms with Gasteiger partial charge in [0.2, 0.25) is 0 Å². The number of ether oxygens (including phenoxy) is 1. The summed E-state index contributed by atoms with van der Waals surface area (Å²) in [6, 6.07) is 4.02. The number of carbonyl (C=O) groups excluding carboxylic acids is 1. The van der Waals surface area contributed by atoms with E-state index in [1.807, 2.05) is 6.92 Å². The van der Waals surface area contributed by atoms with E-state index in [4.69, 9.17) is 15.6 Å². The first-order valence-electron chi connectivity index (χ1n) is 6.12. The van der Waals surface area contributed by atoms with E-state index in [9.17, 15) is 9.18 Å². The molecule has 0 bridgehead atoms. The topological polar surface area (TPSA) is 75.8 Å². The van der Waals surface area contributed by atoms with Gasteiger partial charge in [-0.05, 0) is 19.1 Å². The summed E-state index contributed by atoms with van der Waals surface area (Å²) in [6.45, 7) is 2.29. The quantitative estimate of drug-likeness (QED) is 0.771. The van der Waals surface area contributed by atoms with Crippen LogP contribution in [0, 0.1) is 5.82 Å². The van der Waals surface area contributed by atoms with Gasteiger partial charge in [0.25, 0.3) is 5.91 Å². The summed E-state index contributed by atoms with van der Waals surface area (Å²) >= 11 is 0. The van der Waals surface area contributed by atoms with Crippen molar-refractivity contribution in [1.29, 1.82) is 0 Å². The highest BCUT2D eigenvalue weighted by molar-refractivity contribution is 5.99. The number of nitrogen functional groups attached to an aromatic ring is 1. The van der Waals surface area contributed by atoms with Gasteiger partial charge in [-0.3, -0.25) is 4.79 Å². The molecule has 1 aliphatic rings. The van der Waals surface area contributed by atoms with Crippen LogP contribution in [0.15, 0.2) is 18.2 Å². The Morgan fingerprint density at radius 1 is 1.63 bits per heavy atom. The number of anilines is 1. The standard InChI is InChI=1S/C13H17FN2O3/c1-8-7-19-9(6-17)5-16(8)13(18)10-3-2-4-11(14)12(10)15/h2-4,8-9,17H,5-7,15H2,1H3. The van der Waals surface area contributed by atoms with Crippen LogP contribution in [0.2, 0.25) is 0 Å². The molecule has 1 fully saturated rings. The van der Waals surface area contributed by atoms with Crippen molar-refractivity contribution < 1.29 is 19.0 Å². The predicted molar refractivity (Wildman–Crippen MR) is 68.1 cm³/mol. The van der Waals surface area contributed by atoms with Crippen molar-refractivity contribution >= 4 is 11.6 Å². The molecule has 6 heteroatoms. The van der Waals surface area contributed by atoms with Gasteiger partial charge in [0.15, 0.2) is 0 Å². The van der Waals surface area contributed by atoms with Crippen LogP contribution in [0.3, 0.4) is 0 Å². The first-order chi connectivity index (χ1) is 9.04. The fourth-order valence-corrected chi connectivity index (χ4v) is 2.09. The summed E-state index contributed by atoms with van der Waals surface area (Å²) < 4.78 is 18.7. The van der Waals surface area contributed by atoms with Crippen molar-refractivity contribution in [2.45, 2.75) is 19.1 Å². The summed E-state index contributed by atoms with van der Waals surface area (Å²) in [5.74, 6) is -0.947. The van der Waals surface area contributed by atoms with Gasteiger partial charge in [-0.2, -0.15) is 0 Å². The molecule has 2 atom stereocenters. The molecule has 3 N–H and O–H groups in total. The molecule has 104 valence electrons. The maximum Gasteiger partial charge on any atom is 0.256 e. The first-order valence-corrected chi connectivity index (χ1v) is 6.12. The minimum atomic E-state index is -0.606. The van der Waals surface area contributed by atoms with Crippen LogP contribution in [0.4, 0.5) is 10.1 Å². The number of aliphatic hydroxyl groups is 1. The predicted octanol–water partition coefficient (Wildman–Crippen LogP) is 0.630. The zero-order valence-electron chi connectivity index (χ0n) is 10.7. The van der Waals surface area contributed by atoms with Gasteiger partial charge in [0.1, 0.15) is 5.82 Å². The van der Waals surface area contributed by atoms with Crippen molar-refractivity contribution in [3.63, 3.8) is 0 Å². The van der Waals surface area contributed by atoms with E-state index in [-0.39, 0.29) is 36.4 Å². The third-order valence-electron chi connectivity index (χ3n) is 3.25. The van der Waals surface area contributed by atoms with Crippen LogP contribution >= 0.6 is 0 Å². The lowest BCUT2D eigenvalue weighted by atomic mass is 10.1. The average molecular weight is 268 g/mol. The number of halogens is 1. The van der Waals surface area contributed by atoms with Gasteiger partial charge in [-0.25, -0.2) is 4.39 Å². The number of morpholine rings is 1. The van der Waals surface area contributed by atoms with Gasteiger partial charge < -0.3 is 20.5 Å².